The molecule has 0 saturated carbocycles. The molecule has 0 unspecified atom stereocenters. The number of halogens is 2. The van der Waals surface area contributed by atoms with Crippen molar-refractivity contribution in [2.75, 3.05) is 33.2 Å². The van der Waals surface area contributed by atoms with Gasteiger partial charge in [0.15, 0.2) is 0 Å². The number of nitrogens with one attached hydrogen (secondary N) is 1. The van der Waals surface area contributed by atoms with Crippen LogP contribution in [0.15, 0.2) is 23.1 Å². The van der Waals surface area contributed by atoms with Crippen LogP contribution in [0.5, 0.6) is 0 Å². The fraction of sp³-hybridized carbons (Fsp3) is 0.500. The zero-order valence-corrected chi connectivity index (χ0v) is 13.7. The summed E-state index contributed by atoms with van der Waals surface area (Å²) in [4.78, 5) is 12.9. The molecule has 1 aliphatic rings. The van der Waals surface area contributed by atoms with E-state index in [0.29, 0.717) is 19.2 Å². The number of likely N-dealkylation sites (N-methyl/N-ethyl adjacent to an activating group) is 1. The van der Waals surface area contributed by atoms with E-state index in [0.717, 1.165) is 16.4 Å². The van der Waals surface area contributed by atoms with Gasteiger partial charge in [-0.05, 0) is 19.1 Å². The number of sulfonamides is 1. The highest BCUT2D eigenvalue weighted by atomic mass is 32.2. The predicted molar refractivity (Wildman–Crippen MR) is 80.2 cm³/mol. The summed E-state index contributed by atoms with van der Waals surface area (Å²) < 4.78 is 52.7. The van der Waals surface area contributed by atoms with Crippen LogP contribution in [-0.4, -0.2) is 62.8 Å². The molecular formula is C14H19F2N3O3S. The smallest absolute Gasteiger partial charge is 0.246 e. The van der Waals surface area contributed by atoms with Gasteiger partial charge in [-0.2, -0.15) is 4.31 Å². The van der Waals surface area contributed by atoms with Crippen LogP contribution in [0.2, 0.25) is 0 Å². The van der Waals surface area contributed by atoms with E-state index in [1.54, 1.807) is 6.92 Å². The highest BCUT2D eigenvalue weighted by molar-refractivity contribution is 7.89. The molecule has 1 fully saturated rings. The van der Waals surface area contributed by atoms with Gasteiger partial charge in [0.25, 0.3) is 0 Å². The number of hydrogen-bond donors (Lipinski definition) is 1. The maximum Gasteiger partial charge on any atom is 0.246 e. The van der Waals surface area contributed by atoms with E-state index in [1.165, 1.54) is 7.05 Å². The van der Waals surface area contributed by atoms with Crippen LogP contribution in [-0.2, 0) is 14.8 Å². The summed E-state index contributed by atoms with van der Waals surface area (Å²) in [7, 11) is -2.48. The van der Waals surface area contributed by atoms with Gasteiger partial charge in [-0.25, -0.2) is 17.2 Å². The Labute approximate surface area is 134 Å². The van der Waals surface area contributed by atoms with E-state index in [1.807, 2.05) is 4.90 Å². The largest absolute Gasteiger partial charge is 0.358 e. The minimum Gasteiger partial charge on any atom is -0.358 e. The van der Waals surface area contributed by atoms with Gasteiger partial charge in [-0.15, -0.1) is 0 Å². The summed E-state index contributed by atoms with van der Waals surface area (Å²) >= 11 is 0. The third-order valence-corrected chi connectivity index (χ3v) is 5.89. The molecule has 9 heteroatoms. The fourth-order valence-electron chi connectivity index (χ4n) is 2.53. The third kappa shape index (κ3) is 3.67. The monoisotopic (exact) mass is 347 g/mol. The Morgan fingerprint density at radius 3 is 2.35 bits per heavy atom. The van der Waals surface area contributed by atoms with E-state index >= 15 is 0 Å². The quantitative estimate of drug-likeness (QED) is 0.856. The van der Waals surface area contributed by atoms with Crippen molar-refractivity contribution < 1.29 is 22.0 Å². The molecule has 2 rings (SSSR count). The summed E-state index contributed by atoms with van der Waals surface area (Å²) in [5.74, 6) is -2.08. The molecule has 1 aliphatic heterocycles. The molecule has 128 valence electrons. The van der Waals surface area contributed by atoms with Gasteiger partial charge in [-0.3, -0.25) is 9.69 Å². The van der Waals surface area contributed by atoms with Crippen LogP contribution < -0.4 is 5.32 Å². The lowest BCUT2D eigenvalue weighted by molar-refractivity contribution is -0.125. The zero-order chi connectivity index (χ0) is 17.2. The number of amides is 1. The molecular weight excluding hydrogens is 328 g/mol. The van der Waals surface area contributed by atoms with Crippen molar-refractivity contribution in [2.45, 2.75) is 17.9 Å². The minimum absolute atomic E-state index is 0.139. The molecule has 6 nitrogen and oxygen atoms in total. The van der Waals surface area contributed by atoms with Crippen molar-refractivity contribution in [3.05, 3.63) is 29.8 Å². The summed E-state index contributed by atoms with van der Waals surface area (Å²) in [6.45, 7) is 2.73. The Bertz CT molecular complexity index is 689. The number of piperazine rings is 1. The van der Waals surface area contributed by atoms with E-state index in [2.05, 4.69) is 5.32 Å². The van der Waals surface area contributed by atoms with Crippen LogP contribution >= 0.6 is 0 Å². The van der Waals surface area contributed by atoms with Gasteiger partial charge in [0.1, 0.15) is 16.5 Å². The molecule has 0 aromatic heterocycles. The molecule has 1 amide bonds. The first-order valence-corrected chi connectivity index (χ1v) is 8.62. The van der Waals surface area contributed by atoms with Crippen molar-refractivity contribution in [3.8, 4) is 0 Å². The molecule has 0 aliphatic carbocycles. The van der Waals surface area contributed by atoms with Crippen molar-refractivity contribution in [1.82, 2.24) is 14.5 Å². The summed E-state index contributed by atoms with van der Waals surface area (Å²) in [5.41, 5.74) is 0. The number of benzene rings is 1. The Morgan fingerprint density at radius 1 is 1.22 bits per heavy atom. The van der Waals surface area contributed by atoms with Crippen molar-refractivity contribution in [2.24, 2.45) is 0 Å². The number of carbonyl (C=O) groups excluding carboxylic acids is 1. The number of hydrogen-bond acceptors (Lipinski definition) is 4. The summed E-state index contributed by atoms with van der Waals surface area (Å²) in [6.07, 6.45) is 0. The first kappa shape index (κ1) is 17.8. The maximum atomic E-state index is 13.7. The number of carbonyl (C=O) groups is 1. The molecule has 1 saturated heterocycles. The SMILES string of the molecule is CNC(=O)[C@H](C)N1CCN(S(=O)(=O)c2ccc(F)cc2F)CC1. The van der Waals surface area contributed by atoms with Gasteiger partial charge in [0.05, 0.1) is 6.04 Å². The van der Waals surface area contributed by atoms with E-state index in [-0.39, 0.29) is 25.0 Å². The lowest BCUT2D eigenvalue weighted by Crippen LogP contribution is -2.54. The standard InChI is InChI=1S/C14H19F2N3O3S/c1-10(14(20)17-2)18-5-7-19(8-6-18)23(21,22)13-4-3-11(15)9-12(13)16/h3-4,9-10H,5-8H2,1-2H3,(H,17,20)/t10-/m0/s1. The summed E-state index contributed by atoms with van der Waals surface area (Å²) in [6, 6.07) is 2.03. The van der Waals surface area contributed by atoms with Crippen LogP contribution in [0.25, 0.3) is 0 Å². The Balaban J connectivity index is 2.11. The molecule has 0 spiro atoms. The van der Waals surface area contributed by atoms with Gasteiger partial charge in [0, 0.05) is 39.3 Å². The van der Waals surface area contributed by atoms with E-state index < -0.39 is 26.6 Å². The van der Waals surface area contributed by atoms with Crippen LogP contribution in [0, 0.1) is 11.6 Å². The molecule has 1 atom stereocenters. The topological polar surface area (TPSA) is 69.7 Å². The lowest BCUT2D eigenvalue weighted by Gasteiger charge is -2.36. The lowest BCUT2D eigenvalue weighted by atomic mass is 10.2. The highest BCUT2D eigenvalue weighted by Crippen LogP contribution is 2.21. The first-order chi connectivity index (χ1) is 10.8. The minimum atomic E-state index is -4.02. The van der Waals surface area contributed by atoms with Crippen molar-refractivity contribution in [1.29, 1.82) is 0 Å². The van der Waals surface area contributed by atoms with E-state index in [9.17, 15) is 22.0 Å². The molecule has 0 radical (unpaired) electrons. The predicted octanol–water partition coefficient (Wildman–Crippen LogP) is 0.406. The molecule has 1 aromatic carbocycles. The molecule has 1 aromatic rings. The van der Waals surface area contributed by atoms with Gasteiger partial charge < -0.3 is 5.32 Å². The van der Waals surface area contributed by atoms with Gasteiger partial charge in [-0.1, -0.05) is 0 Å². The Hall–Kier alpha value is -1.58. The highest BCUT2D eigenvalue weighted by Gasteiger charge is 2.33. The second kappa shape index (κ2) is 6.90. The van der Waals surface area contributed by atoms with Gasteiger partial charge >= 0.3 is 0 Å². The van der Waals surface area contributed by atoms with Gasteiger partial charge in [0.2, 0.25) is 15.9 Å². The maximum absolute atomic E-state index is 13.7. The molecule has 1 N–H and O–H groups in total. The normalized spacial score (nSPS) is 18.6. The second-order valence-corrected chi connectivity index (χ2v) is 7.21. The fourth-order valence-corrected chi connectivity index (χ4v) is 4.00. The Kier molecular flexibility index (Phi) is 5.33. The van der Waals surface area contributed by atoms with Crippen LogP contribution in [0.4, 0.5) is 8.78 Å². The first-order valence-electron chi connectivity index (χ1n) is 7.18. The van der Waals surface area contributed by atoms with Crippen molar-refractivity contribution >= 4 is 15.9 Å². The summed E-state index contributed by atoms with van der Waals surface area (Å²) in [5, 5.41) is 2.54. The number of nitrogens with zero attached hydrogens (tertiary/aromatic N) is 2. The van der Waals surface area contributed by atoms with Crippen LogP contribution in [0.3, 0.4) is 0 Å². The van der Waals surface area contributed by atoms with Crippen LogP contribution in [0.1, 0.15) is 6.92 Å². The zero-order valence-electron chi connectivity index (χ0n) is 12.9. The number of rotatable bonds is 4. The second-order valence-electron chi connectivity index (χ2n) is 5.31. The molecule has 0 bridgehead atoms. The molecule has 1 heterocycles. The van der Waals surface area contributed by atoms with E-state index in [4.69, 9.17) is 0 Å². The Morgan fingerprint density at radius 2 is 1.83 bits per heavy atom. The average molecular weight is 347 g/mol. The average Bonchev–Trinajstić information content (AvgIpc) is 2.53. The molecule has 23 heavy (non-hydrogen) atoms. The third-order valence-electron chi connectivity index (χ3n) is 3.96. The van der Waals surface area contributed by atoms with Crippen molar-refractivity contribution in [3.63, 3.8) is 0 Å².